The number of carbonyl (C=O) groups excluding carboxylic acids is 1. The molecule has 7 heteroatoms. The number of fused-ring (bicyclic) bond motifs is 1. The van der Waals surface area contributed by atoms with Crippen LogP contribution in [0.5, 0.6) is 0 Å². The number of hydrogen-bond donors (Lipinski definition) is 0. The number of amides is 1. The van der Waals surface area contributed by atoms with Gasteiger partial charge in [-0.25, -0.2) is 9.00 Å². The summed E-state index contributed by atoms with van der Waals surface area (Å²) in [5.74, 6) is 0. The van der Waals surface area contributed by atoms with E-state index in [0.29, 0.717) is 13.1 Å². The zero-order valence-corrected chi connectivity index (χ0v) is 18.6. The van der Waals surface area contributed by atoms with Gasteiger partial charge < -0.3 is 9.64 Å². The molecule has 1 atom stereocenters. The highest BCUT2D eigenvalue weighted by atomic mass is 32.2. The third-order valence-electron chi connectivity index (χ3n) is 5.26. The fourth-order valence-electron chi connectivity index (χ4n) is 3.76. The Bertz CT molecular complexity index is 813. The second kappa shape index (κ2) is 7.25. The lowest BCUT2D eigenvalue weighted by atomic mass is 9.74. The molecule has 1 fully saturated rings. The highest BCUT2D eigenvalue weighted by Gasteiger charge is 2.47. The van der Waals surface area contributed by atoms with Gasteiger partial charge in [0.25, 0.3) is 0 Å². The average molecular weight is 406 g/mol. The maximum atomic E-state index is 12.8. The van der Waals surface area contributed by atoms with Crippen molar-refractivity contribution in [1.29, 1.82) is 0 Å². The number of pyridine rings is 1. The first-order valence-electron chi connectivity index (χ1n) is 9.84. The molecular formula is C21H31N3O3S. The second-order valence-electron chi connectivity index (χ2n) is 9.76. The molecule has 0 bridgehead atoms. The molecule has 2 heterocycles. The number of aromatic nitrogens is 1. The summed E-state index contributed by atoms with van der Waals surface area (Å²) in [6.45, 7) is 12.7. The van der Waals surface area contributed by atoms with Crippen LogP contribution in [0.2, 0.25) is 0 Å². The highest BCUT2D eigenvalue weighted by molar-refractivity contribution is 7.85. The van der Waals surface area contributed by atoms with Crippen molar-refractivity contribution in [3.8, 4) is 0 Å². The van der Waals surface area contributed by atoms with Gasteiger partial charge in [0.15, 0.2) is 0 Å². The Morgan fingerprint density at radius 1 is 1.21 bits per heavy atom. The van der Waals surface area contributed by atoms with Crippen molar-refractivity contribution < 1.29 is 13.7 Å². The normalized spacial score (nSPS) is 21.6. The largest absolute Gasteiger partial charge is 0.444 e. The zero-order chi connectivity index (χ0) is 20.7. The molecule has 2 aliphatic rings. The minimum atomic E-state index is -1.33. The molecule has 1 spiro atoms. The van der Waals surface area contributed by atoms with E-state index in [0.717, 1.165) is 36.1 Å². The number of hydrogen-bond acceptors (Lipinski definition) is 4. The van der Waals surface area contributed by atoms with Crippen LogP contribution in [0.3, 0.4) is 0 Å². The van der Waals surface area contributed by atoms with Crippen molar-refractivity contribution in [2.75, 3.05) is 13.1 Å². The molecule has 1 saturated heterocycles. The standard InChI is InChI=1S/C21H31N3O3S/c1-19(2,3)27-18(25)24-11-8-21(9-12-24)13-15-14-22-10-7-16(15)17(21)23-28(26)20(4,5)6/h7,10,14H,8-9,11-13H2,1-6H3/t28-/m1/s1. The second-order valence-corrected chi connectivity index (χ2v) is 11.7. The van der Waals surface area contributed by atoms with E-state index in [-0.39, 0.29) is 11.5 Å². The summed E-state index contributed by atoms with van der Waals surface area (Å²) >= 11 is 0. The van der Waals surface area contributed by atoms with Crippen LogP contribution in [-0.4, -0.2) is 49.3 Å². The van der Waals surface area contributed by atoms with Crippen LogP contribution in [0, 0.1) is 5.41 Å². The van der Waals surface area contributed by atoms with Crippen LogP contribution in [0.25, 0.3) is 0 Å². The van der Waals surface area contributed by atoms with Crippen LogP contribution in [0.1, 0.15) is 65.5 Å². The van der Waals surface area contributed by atoms with Gasteiger partial charge in [0, 0.05) is 36.5 Å². The fraction of sp³-hybridized carbons (Fsp3) is 0.667. The summed E-state index contributed by atoms with van der Waals surface area (Å²) < 4.78 is 22.6. The Morgan fingerprint density at radius 3 is 2.43 bits per heavy atom. The zero-order valence-electron chi connectivity index (χ0n) is 17.7. The van der Waals surface area contributed by atoms with Gasteiger partial charge >= 0.3 is 6.09 Å². The lowest BCUT2D eigenvalue weighted by Crippen LogP contribution is -2.47. The van der Waals surface area contributed by atoms with Crippen LogP contribution in [0.15, 0.2) is 22.9 Å². The van der Waals surface area contributed by atoms with Gasteiger partial charge in [-0.1, -0.05) is 0 Å². The minimum Gasteiger partial charge on any atom is -0.444 e. The van der Waals surface area contributed by atoms with Crippen molar-refractivity contribution in [3.63, 3.8) is 0 Å². The Labute approximate surface area is 170 Å². The van der Waals surface area contributed by atoms with E-state index in [4.69, 9.17) is 9.13 Å². The maximum absolute atomic E-state index is 12.8. The summed E-state index contributed by atoms with van der Waals surface area (Å²) in [6.07, 6.45) is 5.78. The molecular weight excluding hydrogens is 374 g/mol. The molecule has 1 aromatic rings. The van der Waals surface area contributed by atoms with E-state index in [1.807, 2.05) is 53.8 Å². The average Bonchev–Trinajstić information content (AvgIpc) is 2.86. The summed E-state index contributed by atoms with van der Waals surface area (Å²) in [6, 6.07) is 1.98. The number of likely N-dealkylation sites (tertiary alicyclic amines) is 1. The van der Waals surface area contributed by atoms with Crippen molar-refractivity contribution in [1.82, 2.24) is 9.88 Å². The van der Waals surface area contributed by atoms with Crippen LogP contribution >= 0.6 is 0 Å². The molecule has 0 N–H and O–H groups in total. The molecule has 154 valence electrons. The van der Waals surface area contributed by atoms with Crippen molar-refractivity contribution in [2.24, 2.45) is 9.81 Å². The van der Waals surface area contributed by atoms with Gasteiger partial charge in [0.05, 0.1) is 10.5 Å². The predicted molar refractivity (Wildman–Crippen MR) is 112 cm³/mol. The molecule has 0 unspecified atom stereocenters. The molecule has 0 radical (unpaired) electrons. The minimum absolute atomic E-state index is 0.190. The first-order valence-corrected chi connectivity index (χ1v) is 10.9. The molecule has 1 aliphatic carbocycles. The fourth-order valence-corrected chi connectivity index (χ4v) is 4.49. The van der Waals surface area contributed by atoms with Crippen LogP contribution in [0.4, 0.5) is 4.79 Å². The molecule has 1 aliphatic heterocycles. The van der Waals surface area contributed by atoms with E-state index < -0.39 is 21.3 Å². The van der Waals surface area contributed by atoms with Gasteiger partial charge in [-0.3, -0.25) is 4.98 Å². The number of piperidine rings is 1. The molecule has 0 saturated carbocycles. The van der Waals surface area contributed by atoms with E-state index in [2.05, 4.69) is 4.98 Å². The Hall–Kier alpha value is -1.76. The van der Waals surface area contributed by atoms with Gasteiger partial charge in [0.2, 0.25) is 0 Å². The number of ether oxygens (including phenoxy) is 1. The summed E-state index contributed by atoms with van der Waals surface area (Å²) in [5.41, 5.74) is 2.43. The summed E-state index contributed by atoms with van der Waals surface area (Å²) in [7, 11) is -1.33. The molecule has 6 nitrogen and oxygen atoms in total. The predicted octanol–water partition coefficient (Wildman–Crippen LogP) is 3.91. The van der Waals surface area contributed by atoms with Gasteiger partial charge in [-0.15, -0.1) is 0 Å². The molecule has 3 rings (SSSR count). The van der Waals surface area contributed by atoms with E-state index in [1.165, 1.54) is 0 Å². The topological polar surface area (TPSA) is 71.9 Å². The van der Waals surface area contributed by atoms with E-state index in [1.54, 1.807) is 11.1 Å². The Kier molecular flexibility index (Phi) is 5.42. The third-order valence-corrected chi connectivity index (χ3v) is 6.66. The van der Waals surface area contributed by atoms with Crippen molar-refractivity contribution in [3.05, 3.63) is 29.6 Å². The number of carbonyl (C=O) groups is 1. The van der Waals surface area contributed by atoms with E-state index in [9.17, 15) is 9.00 Å². The van der Waals surface area contributed by atoms with E-state index >= 15 is 0 Å². The lowest BCUT2D eigenvalue weighted by Gasteiger charge is -2.40. The summed E-state index contributed by atoms with van der Waals surface area (Å²) in [4.78, 5) is 18.5. The number of nitrogens with zero attached hydrogens (tertiary/aromatic N) is 3. The van der Waals surface area contributed by atoms with Crippen molar-refractivity contribution in [2.45, 2.75) is 71.2 Å². The Morgan fingerprint density at radius 2 is 1.86 bits per heavy atom. The highest BCUT2D eigenvalue weighted by Crippen LogP contribution is 2.45. The van der Waals surface area contributed by atoms with Crippen LogP contribution in [-0.2, 0) is 22.1 Å². The quantitative estimate of drug-likeness (QED) is 0.710. The molecule has 0 aromatic carbocycles. The van der Waals surface area contributed by atoms with Gasteiger partial charge in [0.1, 0.15) is 16.6 Å². The molecule has 28 heavy (non-hydrogen) atoms. The monoisotopic (exact) mass is 405 g/mol. The smallest absolute Gasteiger partial charge is 0.410 e. The molecule has 1 amide bonds. The van der Waals surface area contributed by atoms with Crippen molar-refractivity contribution >= 4 is 22.8 Å². The molecule has 1 aromatic heterocycles. The number of rotatable bonds is 1. The first-order chi connectivity index (χ1) is 12.9. The lowest BCUT2D eigenvalue weighted by molar-refractivity contribution is 0.0159. The van der Waals surface area contributed by atoms with Crippen LogP contribution < -0.4 is 0 Å². The van der Waals surface area contributed by atoms with Gasteiger partial charge in [-0.05, 0) is 72.4 Å². The third kappa shape index (κ3) is 4.29. The van der Waals surface area contributed by atoms with Gasteiger partial charge in [-0.2, -0.15) is 4.40 Å². The first kappa shape index (κ1) is 21.0. The summed E-state index contributed by atoms with van der Waals surface area (Å²) in [5, 5.41) is 0. The maximum Gasteiger partial charge on any atom is 0.410 e. The SMILES string of the molecule is CC(C)(C)OC(=O)N1CCC2(CC1)Cc1cnccc1C2=N[S@](=O)C(C)(C)C. The Balaban J connectivity index is 1.86.